The van der Waals surface area contributed by atoms with Crippen molar-refractivity contribution in [2.45, 2.75) is 32.7 Å². The van der Waals surface area contributed by atoms with Gasteiger partial charge in [-0.25, -0.2) is 0 Å². The number of hydrogen-bond donors (Lipinski definition) is 1. The molecule has 0 amide bonds. The molecule has 1 aliphatic rings. The topological polar surface area (TPSA) is 50.9 Å². The first-order chi connectivity index (χ1) is 9.31. The van der Waals surface area contributed by atoms with Crippen LogP contribution in [0.1, 0.15) is 24.7 Å². The number of aryl methyl sites for hydroxylation is 2. The molecule has 0 aliphatic carbocycles. The van der Waals surface area contributed by atoms with E-state index in [4.69, 9.17) is 0 Å². The van der Waals surface area contributed by atoms with Crippen molar-refractivity contribution in [3.8, 4) is 11.4 Å². The van der Waals surface area contributed by atoms with E-state index in [-0.39, 0.29) is 6.61 Å². The lowest BCUT2D eigenvalue weighted by Crippen LogP contribution is -2.23. The van der Waals surface area contributed by atoms with E-state index in [1.54, 1.807) is 0 Å². The third kappa shape index (κ3) is 2.28. The van der Waals surface area contributed by atoms with Gasteiger partial charge in [0, 0.05) is 31.1 Å². The predicted octanol–water partition coefficient (Wildman–Crippen LogP) is 2.06. The first-order valence-electron chi connectivity index (χ1n) is 6.94. The summed E-state index contributed by atoms with van der Waals surface area (Å²) in [5.74, 6) is 2.30. The number of aromatic nitrogens is 3. The van der Waals surface area contributed by atoms with Crippen LogP contribution in [0.15, 0.2) is 24.3 Å². The van der Waals surface area contributed by atoms with E-state index in [9.17, 15) is 5.11 Å². The fourth-order valence-electron chi connectivity index (χ4n) is 2.65. The molecule has 1 aliphatic heterocycles. The van der Waals surface area contributed by atoms with E-state index in [1.165, 1.54) is 5.56 Å². The molecule has 3 rings (SSSR count). The van der Waals surface area contributed by atoms with Crippen LogP contribution < -0.4 is 0 Å². The van der Waals surface area contributed by atoms with Gasteiger partial charge in [-0.2, -0.15) is 0 Å². The van der Waals surface area contributed by atoms with Crippen molar-refractivity contribution >= 4 is 0 Å². The Bertz CT molecular complexity index is 559. The van der Waals surface area contributed by atoms with Crippen molar-refractivity contribution < 1.29 is 5.11 Å². The average molecular weight is 257 g/mol. The largest absolute Gasteiger partial charge is 0.396 e. The van der Waals surface area contributed by atoms with E-state index < -0.39 is 0 Å². The minimum Gasteiger partial charge on any atom is -0.396 e. The molecule has 2 heterocycles. The Morgan fingerprint density at radius 3 is 2.74 bits per heavy atom. The number of aliphatic hydroxyl groups excluding tert-OH is 1. The Hall–Kier alpha value is -1.68. The Labute approximate surface area is 113 Å². The summed E-state index contributed by atoms with van der Waals surface area (Å²) in [6.07, 6.45) is 2.96. The summed E-state index contributed by atoms with van der Waals surface area (Å²) >= 11 is 0. The quantitative estimate of drug-likeness (QED) is 0.915. The van der Waals surface area contributed by atoms with Gasteiger partial charge in [0.25, 0.3) is 0 Å². The minimum atomic E-state index is 0.242. The van der Waals surface area contributed by atoms with Crippen molar-refractivity contribution in [3.05, 3.63) is 35.7 Å². The van der Waals surface area contributed by atoms with Crippen LogP contribution in [0, 0.1) is 5.92 Å². The molecule has 0 spiro atoms. The zero-order valence-corrected chi connectivity index (χ0v) is 11.2. The highest BCUT2D eigenvalue weighted by Crippen LogP contribution is 2.25. The zero-order valence-electron chi connectivity index (χ0n) is 11.2. The maximum atomic E-state index is 9.33. The molecule has 19 heavy (non-hydrogen) atoms. The van der Waals surface area contributed by atoms with Gasteiger partial charge in [0.15, 0.2) is 5.82 Å². The second-order valence-corrected chi connectivity index (χ2v) is 5.19. The maximum Gasteiger partial charge on any atom is 0.163 e. The summed E-state index contributed by atoms with van der Waals surface area (Å²) in [5, 5.41) is 17.9. The summed E-state index contributed by atoms with van der Waals surface area (Å²) in [4.78, 5) is 0. The number of benzene rings is 1. The zero-order chi connectivity index (χ0) is 13.2. The van der Waals surface area contributed by atoms with E-state index >= 15 is 0 Å². The van der Waals surface area contributed by atoms with E-state index in [1.807, 2.05) is 0 Å². The molecular weight excluding hydrogens is 238 g/mol. The summed E-state index contributed by atoms with van der Waals surface area (Å²) in [6, 6.07) is 8.50. The highest BCUT2D eigenvalue weighted by Gasteiger charge is 2.22. The lowest BCUT2D eigenvalue weighted by Gasteiger charge is -2.22. The van der Waals surface area contributed by atoms with Crippen molar-refractivity contribution in [3.63, 3.8) is 0 Å². The molecule has 0 fully saturated rings. The third-order valence-corrected chi connectivity index (χ3v) is 3.92. The number of rotatable bonds is 3. The first kappa shape index (κ1) is 12.4. The summed E-state index contributed by atoms with van der Waals surface area (Å²) in [7, 11) is 0. The van der Waals surface area contributed by atoms with E-state index in [2.05, 4.69) is 46.0 Å². The molecule has 100 valence electrons. The Morgan fingerprint density at radius 2 is 2.05 bits per heavy atom. The van der Waals surface area contributed by atoms with Gasteiger partial charge in [0.2, 0.25) is 0 Å². The number of fused-ring (bicyclic) bond motifs is 1. The van der Waals surface area contributed by atoms with Gasteiger partial charge in [-0.1, -0.05) is 31.2 Å². The molecule has 0 radical (unpaired) electrons. The van der Waals surface area contributed by atoms with Crippen LogP contribution in [-0.2, 0) is 19.4 Å². The molecular formula is C15H19N3O. The molecule has 1 N–H and O–H groups in total. The average Bonchev–Trinajstić information content (AvgIpc) is 2.90. The van der Waals surface area contributed by atoms with Gasteiger partial charge in [0.05, 0.1) is 0 Å². The third-order valence-electron chi connectivity index (χ3n) is 3.92. The fourth-order valence-corrected chi connectivity index (χ4v) is 2.65. The molecule has 2 aromatic rings. The Kier molecular flexibility index (Phi) is 3.34. The van der Waals surface area contributed by atoms with Gasteiger partial charge >= 0.3 is 0 Å². The van der Waals surface area contributed by atoms with Crippen molar-refractivity contribution in [2.75, 3.05) is 6.61 Å². The van der Waals surface area contributed by atoms with Crippen molar-refractivity contribution in [2.24, 2.45) is 5.92 Å². The second kappa shape index (κ2) is 5.13. The van der Waals surface area contributed by atoms with Crippen LogP contribution >= 0.6 is 0 Å². The molecule has 1 atom stereocenters. The van der Waals surface area contributed by atoms with Gasteiger partial charge in [-0.05, 0) is 18.4 Å². The predicted molar refractivity (Wildman–Crippen MR) is 73.7 cm³/mol. The fraction of sp³-hybridized carbons (Fsp3) is 0.467. The van der Waals surface area contributed by atoms with Gasteiger partial charge in [-0.15, -0.1) is 10.2 Å². The molecule has 0 saturated heterocycles. The summed E-state index contributed by atoms with van der Waals surface area (Å²) in [6.45, 7) is 3.22. The summed E-state index contributed by atoms with van der Waals surface area (Å²) in [5.41, 5.74) is 2.44. The van der Waals surface area contributed by atoms with Crippen LogP contribution in [0.5, 0.6) is 0 Å². The molecule has 1 aromatic carbocycles. The molecule has 1 aromatic heterocycles. The minimum absolute atomic E-state index is 0.242. The normalized spacial score (nSPS) is 18.3. The molecule has 1 unspecified atom stereocenters. The van der Waals surface area contributed by atoms with Gasteiger partial charge in [0.1, 0.15) is 5.82 Å². The standard InChI is InChI=1S/C15H19N3O/c1-2-11-3-6-13(7-4-11)15-17-16-14-8-5-12(10-19)9-18(14)15/h3-4,6-7,12,19H,2,5,8-10H2,1H3. The second-order valence-electron chi connectivity index (χ2n) is 5.19. The van der Waals surface area contributed by atoms with Crippen molar-refractivity contribution in [1.29, 1.82) is 0 Å². The van der Waals surface area contributed by atoms with Crippen LogP contribution in [0.2, 0.25) is 0 Å². The van der Waals surface area contributed by atoms with E-state index in [0.717, 1.165) is 43.0 Å². The molecule has 0 bridgehead atoms. The maximum absolute atomic E-state index is 9.33. The first-order valence-corrected chi connectivity index (χ1v) is 6.94. The number of hydrogen-bond acceptors (Lipinski definition) is 3. The highest BCUT2D eigenvalue weighted by atomic mass is 16.3. The lowest BCUT2D eigenvalue weighted by atomic mass is 10.00. The monoisotopic (exact) mass is 257 g/mol. The SMILES string of the molecule is CCc1ccc(-c2nnc3n2CC(CO)CC3)cc1. The Balaban J connectivity index is 1.95. The number of aliphatic hydroxyl groups is 1. The van der Waals surface area contributed by atoms with Crippen LogP contribution in [-0.4, -0.2) is 26.5 Å². The van der Waals surface area contributed by atoms with Crippen LogP contribution in [0.25, 0.3) is 11.4 Å². The molecule has 4 nitrogen and oxygen atoms in total. The Morgan fingerprint density at radius 1 is 1.26 bits per heavy atom. The number of nitrogens with zero attached hydrogens (tertiary/aromatic N) is 3. The van der Waals surface area contributed by atoms with Gasteiger partial charge < -0.3 is 9.67 Å². The van der Waals surface area contributed by atoms with Gasteiger partial charge in [-0.3, -0.25) is 0 Å². The smallest absolute Gasteiger partial charge is 0.163 e. The van der Waals surface area contributed by atoms with Crippen LogP contribution in [0.3, 0.4) is 0 Å². The molecule has 4 heteroatoms. The highest BCUT2D eigenvalue weighted by molar-refractivity contribution is 5.56. The summed E-state index contributed by atoms with van der Waals surface area (Å²) < 4.78 is 2.16. The van der Waals surface area contributed by atoms with E-state index in [0.29, 0.717) is 5.92 Å². The molecule has 0 saturated carbocycles. The van der Waals surface area contributed by atoms with Crippen LogP contribution in [0.4, 0.5) is 0 Å². The van der Waals surface area contributed by atoms with Crippen molar-refractivity contribution in [1.82, 2.24) is 14.8 Å². The lowest BCUT2D eigenvalue weighted by molar-refractivity contribution is 0.191.